The van der Waals surface area contributed by atoms with Gasteiger partial charge in [0.2, 0.25) is 5.91 Å². The van der Waals surface area contributed by atoms with Crippen LogP contribution in [0.1, 0.15) is 40.0 Å². The Bertz CT molecular complexity index is 282. The summed E-state index contributed by atoms with van der Waals surface area (Å²) in [4.78, 5) is 14.1. The molecule has 112 valence electrons. The first-order valence-corrected chi connectivity index (χ1v) is 7.28. The lowest BCUT2D eigenvalue weighted by Crippen LogP contribution is -2.52. The number of likely N-dealkylation sites (tertiary alicyclic amines) is 1. The van der Waals surface area contributed by atoms with E-state index in [1.165, 1.54) is 0 Å². The Morgan fingerprint density at radius 1 is 1.42 bits per heavy atom. The number of hydrogen-bond donors (Lipinski definition) is 1. The van der Waals surface area contributed by atoms with Crippen molar-refractivity contribution in [1.82, 2.24) is 4.90 Å². The van der Waals surface area contributed by atoms with Crippen LogP contribution in [0.15, 0.2) is 0 Å². The highest BCUT2D eigenvalue weighted by Crippen LogP contribution is 2.19. The predicted octanol–water partition coefficient (Wildman–Crippen LogP) is 1.16. The Kier molecular flexibility index (Phi) is 6.75. The standard InChI is InChI=1S/C14H28N2O3/c1-4-7-14(3,15)13(17)16-8-6-12(11-16)19-10-9-18-5-2/h12H,4-11,15H2,1-3H3/t12-,14?/m0/s1. The van der Waals surface area contributed by atoms with Crippen LogP contribution in [0.3, 0.4) is 0 Å². The Morgan fingerprint density at radius 3 is 2.79 bits per heavy atom. The lowest BCUT2D eigenvalue weighted by molar-refractivity contribution is -0.136. The van der Waals surface area contributed by atoms with Crippen molar-refractivity contribution in [3.05, 3.63) is 0 Å². The largest absolute Gasteiger partial charge is 0.379 e. The van der Waals surface area contributed by atoms with Gasteiger partial charge < -0.3 is 20.1 Å². The molecule has 0 saturated carbocycles. The van der Waals surface area contributed by atoms with Crippen LogP contribution in [0.2, 0.25) is 0 Å². The van der Waals surface area contributed by atoms with E-state index in [4.69, 9.17) is 15.2 Å². The second-order valence-corrected chi connectivity index (χ2v) is 5.40. The van der Waals surface area contributed by atoms with Crippen molar-refractivity contribution in [3.63, 3.8) is 0 Å². The summed E-state index contributed by atoms with van der Waals surface area (Å²) >= 11 is 0. The van der Waals surface area contributed by atoms with Gasteiger partial charge >= 0.3 is 0 Å². The number of amides is 1. The summed E-state index contributed by atoms with van der Waals surface area (Å²) in [6, 6.07) is 0. The van der Waals surface area contributed by atoms with Crippen molar-refractivity contribution in [2.45, 2.75) is 51.7 Å². The molecule has 0 radical (unpaired) electrons. The highest BCUT2D eigenvalue weighted by atomic mass is 16.5. The van der Waals surface area contributed by atoms with Crippen molar-refractivity contribution in [2.24, 2.45) is 5.73 Å². The van der Waals surface area contributed by atoms with E-state index in [-0.39, 0.29) is 12.0 Å². The summed E-state index contributed by atoms with van der Waals surface area (Å²) in [5.74, 6) is 0.0465. The number of nitrogens with two attached hydrogens (primary N) is 1. The number of ether oxygens (including phenoxy) is 2. The summed E-state index contributed by atoms with van der Waals surface area (Å²) in [6.45, 7) is 9.15. The van der Waals surface area contributed by atoms with Gasteiger partial charge in [0.1, 0.15) is 0 Å². The third kappa shape index (κ3) is 5.09. The third-order valence-corrected chi connectivity index (χ3v) is 3.48. The van der Waals surface area contributed by atoms with Crippen LogP contribution in [-0.4, -0.2) is 55.4 Å². The Labute approximate surface area is 116 Å². The number of carbonyl (C=O) groups excluding carboxylic acids is 1. The summed E-state index contributed by atoms with van der Waals surface area (Å²) in [5, 5.41) is 0. The molecule has 5 nitrogen and oxygen atoms in total. The quantitative estimate of drug-likeness (QED) is 0.673. The van der Waals surface area contributed by atoms with Crippen LogP contribution in [0, 0.1) is 0 Å². The first-order chi connectivity index (χ1) is 9.01. The molecule has 0 bridgehead atoms. The van der Waals surface area contributed by atoms with Crippen LogP contribution in [0.4, 0.5) is 0 Å². The molecule has 0 aliphatic carbocycles. The zero-order valence-electron chi connectivity index (χ0n) is 12.5. The minimum absolute atomic E-state index is 0.0465. The molecule has 1 amide bonds. The van der Waals surface area contributed by atoms with Crippen molar-refractivity contribution in [2.75, 3.05) is 32.9 Å². The highest BCUT2D eigenvalue weighted by Gasteiger charge is 2.35. The van der Waals surface area contributed by atoms with Gasteiger partial charge in [-0.25, -0.2) is 0 Å². The molecular formula is C14H28N2O3. The maximum Gasteiger partial charge on any atom is 0.242 e. The van der Waals surface area contributed by atoms with Crippen LogP contribution in [-0.2, 0) is 14.3 Å². The zero-order chi connectivity index (χ0) is 14.3. The average molecular weight is 272 g/mol. The monoisotopic (exact) mass is 272 g/mol. The van der Waals surface area contributed by atoms with Crippen molar-refractivity contribution < 1.29 is 14.3 Å². The predicted molar refractivity (Wildman–Crippen MR) is 74.9 cm³/mol. The molecule has 1 heterocycles. The normalized spacial score (nSPS) is 22.5. The summed E-state index contributed by atoms with van der Waals surface area (Å²) < 4.78 is 10.9. The first kappa shape index (κ1) is 16.4. The summed E-state index contributed by atoms with van der Waals surface area (Å²) in [5.41, 5.74) is 5.34. The van der Waals surface area contributed by atoms with Gasteiger partial charge in [0.15, 0.2) is 0 Å². The van der Waals surface area contributed by atoms with E-state index in [1.54, 1.807) is 0 Å². The molecule has 5 heteroatoms. The molecule has 2 atom stereocenters. The molecule has 1 fully saturated rings. The molecule has 0 aromatic rings. The summed E-state index contributed by atoms with van der Waals surface area (Å²) in [7, 11) is 0. The SMILES string of the molecule is CCCC(C)(N)C(=O)N1CC[C@H](OCCOCC)C1. The molecule has 1 unspecified atom stereocenters. The minimum atomic E-state index is -0.741. The third-order valence-electron chi connectivity index (χ3n) is 3.48. The van der Waals surface area contributed by atoms with Gasteiger partial charge in [-0.1, -0.05) is 13.3 Å². The maximum absolute atomic E-state index is 12.3. The Balaban J connectivity index is 2.33. The van der Waals surface area contributed by atoms with Gasteiger partial charge in [-0.15, -0.1) is 0 Å². The van der Waals surface area contributed by atoms with E-state index < -0.39 is 5.54 Å². The molecule has 1 aliphatic heterocycles. The number of rotatable bonds is 8. The minimum Gasteiger partial charge on any atom is -0.379 e. The number of hydrogen-bond acceptors (Lipinski definition) is 4. The Morgan fingerprint density at radius 2 is 2.16 bits per heavy atom. The number of carbonyl (C=O) groups is 1. The molecule has 1 rings (SSSR count). The molecule has 19 heavy (non-hydrogen) atoms. The van der Waals surface area contributed by atoms with Gasteiger partial charge in [-0.2, -0.15) is 0 Å². The molecule has 1 saturated heterocycles. The van der Waals surface area contributed by atoms with E-state index in [9.17, 15) is 4.79 Å². The maximum atomic E-state index is 12.3. The molecule has 0 aromatic heterocycles. The smallest absolute Gasteiger partial charge is 0.242 e. The fourth-order valence-electron chi connectivity index (χ4n) is 2.45. The van der Waals surface area contributed by atoms with Crippen molar-refractivity contribution in [3.8, 4) is 0 Å². The van der Waals surface area contributed by atoms with Gasteiger partial charge in [-0.3, -0.25) is 4.79 Å². The molecule has 0 spiro atoms. The van der Waals surface area contributed by atoms with Crippen LogP contribution in [0.5, 0.6) is 0 Å². The summed E-state index contributed by atoms with van der Waals surface area (Å²) in [6.07, 6.45) is 2.65. The molecule has 2 N–H and O–H groups in total. The van der Waals surface area contributed by atoms with Crippen molar-refractivity contribution >= 4 is 5.91 Å². The topological polar surface area (TPSA) is 64.8 Å². The van der Waals surface area contributed by atoms with E-state index in [0.717, 1.165) is 25.8 Å². The van der Waals surface area contributed by atoms with Crippen LogP contribution < -0.4 is 5.73 Å². The van der Waals surface area contributed by atoms with Crippen LogP contribution >= 0.6 is 0 Å². The van der Waals surface area contributed by atoms with E-state index >= 15 is 0 Å². The molecule has 0 aromatic carbocycles. The average Bonchev–Trinajstić information content (AvgIpc) is 2.82. The molecule has 1 aliphatic rings. The van der Waals surface area contributed by atoms with E-state index in [2.05, 4.69) is 0 Å². The molecular weight excluding hydrogens is 244 g/mol. The Hall–Kier alpha value is -0.650. The van der Waals surface area contributed by atoms with E-state index in [1.807, 2.05) is 25.7 Å². The van der Waals surface area contributed by atoms with Gasteiger partial charge in [-0.05, 0) is 26.7 Å². The highest BCUT2D eigenvalue weighted by molar-refractivity contribution is 5.85. The van der Waals surface area contributed by atoms with Crippen molar-refractivity contribution in [1.29, 1.82) is 0 Å². The van der Waals surface area contributed by atoms with E-state index in [0.29, 0.717) is 26.4 Å². The lowest BCUT2D eigenvalue weighted by Gasteiger charge is -2.28. The van der Waals surface area contributed by atoms with Crippen LogP contribution in [0.25, 0.3) is 0 Å². The second-order valence-electron chi connectivity index (χ2n) is 5.40. The van der Waals surface area contributed by atoms with Gasteiger partial charge in [0.05, 0.1) is 24.9 Å². The zero-order valence-corrected chi connectivity index (χ0v) is 12.5. The number of nitrogens with zero attached hydrogens (tertiary/aromatic N) is 1. The first-order valence-electron chi connectivity index (χ1n) is 7.28. The van der Waals surface area contributed by atoms with Gasteiger partial charge in [0, 0.05) is 19.7 Å². The second kappa shape index (κ2) is 7.82. The lowest BCUT2D eigenvalue weighted by atomic mass is 9.96. The van der Waals surface area contributed by atoms with Gasteiger partial charge in [0.25, 0.3) is 0 Å². The fourth-order valence-corrected chi connectivity index (χ4v) is 2.45. The fraction of sp³-hybridized carbons (Fsp3) is 0.929.